The summed E-state index contributed by atoms with van der Waals surface area (Å²) in [5.41, 5.74) is 0. The van der Waals surface area contributed by atoms with Crippen LogP contribution in [0, 0.1) is 0 Å². The van der Waals surface area contributed by atoms with Gasteiger partial charge in [-0.2, -0.15) is 0 Å². The van der Waals surface area contributed by atoms with Crippen LogP contribution >= 0.6 is 0 Å². The summed E-state index contributed by atoms with van der Waals surface area (Å²) in [6.45, 7) is 1.54. The molecule has 0 aliphatic carbocycles. The lowest BCUT2D eigenvalue weighted by Crippen LogP contribution is -2.61. The molecule has 0 spiro atoms. The van der Waals surface area contributed by atoms with Gasteiger partial charge in [0.05, 0.1) is 19.8 Å². The van der Waals surface area contributed by atoms with Crippen molar-refractivity contribution in [3.8, 4) is 0 Å². The fraction of sp³-hybridized carbons (Fsp3) is 0.947. The van der Waals surface area contributed by atoms with E-state index < -0.39 is 92.7 Å². The monoisotopic (exact) mass is 766 g/mol. The zero-order chi connectivity index (χ0) is 39.0. The van der Waals surface area contributed by atoms with Crippen LogP contribution in [-0.4, -0.2) is 142 Å². The Bertz CT molecular complexity index is 955. The molecule has 15 heteroatoms. The lowest BCUT2D eigenvalue weighted by Gasteiger charge is -2.42. The van der Waals surface area contributed by atoms with Crippen molar-refractivity contribution < 1.29 is 73.8 Å². The first-order valence-electron chi connectivity index (χ1n) is 20.1. The van der Waals surface area contributed by atoms with Gasteiger partial charge in [0, 0.05) is 13.3 Å². The molecular weight excluding hydrogens is 696 g/mol. The van der Waals surface area contributed by atoms with E-state index in [4.69, 9.17) is 28.4 Å². The predicted molar refractivity (Wildman–Crippen MR) is 192 cm³/mol. The van der Waals surface area contributed by atoms with Crippen LogP contribution in [0.4, 0.5) is 0 Å². The van der Waals surface area contributed by atoms with E-state index in [-0.39, 0.29) is 19.6 Å². The molecule has 0 aromatic carbocycles. The van der Waals surface area contributed by atoms with Crippen LogP contribution < -0.4 is 0 Å². The summed E-state index contributed by atoms with van der Waals surface area (Å²) in [6, 6.07) is 0. The molecular formula is C38H70O15. The van der Waals surface area contributed by atoms with Crippen molar-refractivity contribution in [2.45, 2.75) is 203 Å². The van der Waals surface area contributed by atoms with E-state index in [1.807, 2.05) is 0 Å². The number of ether oxygens (including phenoxy) is 6. The Morgan fingerprint density at radius 1 is 0.566 bits per heavy atom. The lowest BCUT2D eigenvalue weighted by atomic mass is 9.98. The Kier molecular flexibility index (Phi) is 25.2. The van der Waals surface area contributed by atoms with Gasteiger partial charge in [-0.3, -0.25) is 9.59 Å². The molecule has 0 aromatic rings. The summed E-state index contributed by atoms with van der Waals surface area (Å²) in [5, 5.41) is 71.0. The fourth-order valence-corrected chi connectivity index (χ4v) is 6.53. The average Bonchev–Trinajstić information content (AvgIpc) is 3.14. The number of esters is 2. The highest BCUT2D eigenvalue weighted by atomic mass is 16.7. The smallest absolute Gasteiger partial charge is 0.306 e. The minimum Gasteiger partial charge on any atom is -0.462 e. The molecule has 0 saturated carbocycles. The molecule has 11 unspecified atom stereocenters. The van der Waals surface area contributed by atoms with Crippen molar-refractivity contribution >= 4 is 11.9 Å². The van der Waals surface area contributed by atoms with Crippen molar-refractivity contribution in [3.63, 3.8) is 0 Å². The van der Waals surface area contributed by atoms with Gasteiger partial charge in [0.25, 0.3) is 0 Å². The van der Waals surface area contributed by atoms with Crippen LogP contribution in [0.15, 0.2) is 0 Å². The zero-order valence-corrected chi connectivity index (χ0v) is 32.0. The largest absolute Gasteiger partial charge is 0.462 e. The molecule has 0 bridgehead atoms. The van der Waals surface area contributed by atoms with Gasteiger partial charge in [-0.15, -0.1) is 0 Å². The highest BCUT2D eigenvalue weighted by molar-refractivity contribution is 5.69. The number of hydrogen-bond donors (Lipinski definition) is 7. The van der Waals surface area contributed by atoms with Crippen LogP contribution in [0.25, 0.3) is 0 Å². The predicted octanol–water partition coefficient (Wildman–Crippen LogP) is 2.53. The van der Waals surface area contributed by atoms with E-state index in [0.29, 0.717) is 6.42 Å². The van der Waals surface area contributed by atoms with Crippen molar-refractivity contribution in [1.82, 2.24) is 0 Å². The maximum atomic E-state index is 12.6. The number of unbranched alkanes of at least 4 members (excludes halogenated alkanes) is 17. The normalized spacial score (nSPS) is 29.5. The standard InChI is InChI=1S/C38H70O15/c1-3-4-5-6-7-8-9-10-11-12-13-14-15-16-17-18-19-20-21-30(41)51-27(23-48-26(2)40)24-49-37-36(47)34(45)32(43)29(53-37)25-50-38-35(46)33(44)31(42)28(22-39)52-38/h27-29,31-39,42-47H,3-25H2,1-2H3. The molecule has 0 aromatic heterocycles. The summed E-state index contributed by atoms with van der Waals surface area (Å²) >= 11 is 0. The molecule has 2 rings (SSSR count). The SMILES string of the molecule is CCCCCCCCCCCCCCCCCCCCC(=O)OC(COC(C)=O)COC1OC(COC2OC(CO)C(O)C(O)C2O)C(O)C(O)C1O. The van der Waals surface area contributed by atoms with Crippen molar-refractivity contribution in [2.75, 3.05) is 26.4 Å². The molecule has 53 heavy (non-hydrogen) atoms. The zero-order valence-electron chi connectivity index (χ0n) is 32.0. The van der Waals surface area contributed by atoms with Gasteiger partial charge in [0.15, 0.2) is 18.7 Å². The Morgan fingerprint density at radius 2 is 1.00 bits per heavy atom. The maximum absolute atomic E-state index is 12.6. The second-order valence-electron chi connectivity index (χ2n) is 14.6. The third-order valence-electron chi connectivity index (χ3n) is 9.89. The van der Waals surface area contributed by atoms with Crippen LogP contribution in [0.2, 0.25) is 0 Å². The van der Waals surface area contributed by atoms with E-state index in [2.05, 4.69) is 6.92 Å². The topological polar surface area (TPSA) is 231 Å². The van der Waals surface area contributed by atoms with Gasteiger partial charge in [-0.25, -0.2) is 0 Å². The summed E-state index contributed by atoms with van der Waals surface area (Å²) in [6.07, 6.45) is 5.62. The van der Waals surface area contributed by atoms with Crippen molar-refractivity contribution in [3.05, 3.63) is 0 Å². The Labute approximate surface area is 315 Å². The number of aliphatic hydroxyl groups is 7. The third-order valence-corrected chi connectivity index (χ3v) is 9.89. The average molecular weight is 767 g/mol. The van der Waals surface area contributed by atoms with Crippen LogP contribution in [0.3, 0.4) is 0 Å². The van der Waals surface area contributed by atoms with Crippen LogP contribution in [0.5, 0.6) is 0 Å². The summed E-state index contributed by atoms with van der Waals surface area (Å²) < 4.78 is 32.4. The fourth-order valence-electron chi connectivity index (χ4n) is 6.53. The molecule has 2 saturated heterocycles. The summed E-state index contributed by atoms with van der Waals surface area (Å²) in [7, 11) is 0. The molecule has 11 atom stereocenters. The number of aliphatic hydroxyl groups excluding tert-OH is 7. The van der Waals surface area contributed by atoms with Crippen LogP contribution in [-0.2, 0) is 38.0 Å². The van der Waals surface area contributed by atoms with Crippen LogP contribution in [0.1, 0.15) is 136 Å². The lowest BCUT2D eigenvalue weighted by molar-refractivity contribution is -0.332. The van der Waals surface area contributed by atoms with Gasteiger partial charge < -0.3 is 64.2 Å². The third kappa shape index (κ3) is 18.8. The number of carbonyl (C=O) groups is 2. The first-order chi connectivity index (χ1) is 25.5. The first-order valence-corrected chi connectivity index (χ1v) is 20.1. The number of hydrogen-bond acceptors (Lipinski definition) is 15. The maximum Gasteiger partial charge on any atom is 0.306 e. The quantitative estimate of drug-likeness (QED) is 0.0429. The Balaban J connectivity index is 1.65. The molecule has 7 N–H and O–H groups in total. The van der Waals surface area contributed by atoms with E-state index in [1.165, 1.54) is 96.8 Å². The summed E-state index contributed by atoms with van der Waals surface area (Å²) in [5.74, 6) is -1.11. The molecule has 2 aliphatic rings. The molecule has 15 nitrogen and oxygen atoms in total. The van der Waals surface area contributed by atoms with Gasteiger partial charge in [-0.05, 0) is 6.42 Å². The van der Waals surface area contributed by atoms with Gasteiger partial charge in [-0.1, -0.05) is 116 Å². The molecule has 0 radical (unpaired) electrons. The molecule has 312 valence electrons. The molecule has 0 amide bonds. The number of rotatable bonds is 29. The molecule has 2 heterocycles. The second-order valence-corrected chi connectivity index (χ2v) is 14.6. The summed E-state index contributed by atoms with van der Waals surface area (Å²) in [4.78, 5) is 24.1. The Morgan fingerprint density at radius 3 is 1.47 bits per heavy atom. The van der Waals surface area contributed by atoms with Gasteiger partial charge in [0.2, 0.25) is 0 Å². The Hall–Kier alpha value is -1.50. The van der Waals surface area contributed by atoms with Gasteiger partial charge >= 0.3 is 11.9 Å². The van der Waals surface area contributed by atoms with Crippen molar-refractivity contribution in [1.29, 1.82) is 0 Å². The minimum absolute atomic E-state index is 0.167. The van der Waals surface area contributed by atoms with Crippen molar-refractivity contribution in [2.24, 2.45) is 0 Å². The second kappa shape index (κ2) is 28.0. The first kappa shape index (κ1) is 47.7. The highest BCUT2D eigenvalue weighted by Crippen LogP contribution is 2.26. The molecule has 2 fully saturated rings. The van der Waals surface area contributed by atoms with E-state index in [1.54, 1.807) is 0 Å². The molecule has 2 aliphatic heterocycles. The highest BCUT2D eigenvalue weighted by Gasteiger charge is 2.47. The van der Waals surface area contributed by atoms with Gasteiger partial charge in [0.1, 0.15) is 55.4 Å². The van der Waals surface area contributed by atoms with E-state index >= 15 is 0 Å². The van der Waals surface area contributed by atoms with E-state index in [0.717, 1.165) is 19.3 Å². The minimum atomic E-state index is -1.75. The number of carbonyl (C=O) groups excluding carboxylic acids is 2. The van der Waals surface area contributed by atoms with E-state index in [9.17, 15) is 45.3 Å².